The lowest BCUT2D eigenvalue weighted by molar-refractivity contribution is 0.647. The monoisotopic (exact) mass is 290 g/mol. The van der Waals surface area contributed by atoms with E-state index < -0.39 is 10.8 Å². The summed E-state index contributed by atoms with van der Waals surface area (Å²) >= 11 is 0. The lowest BCUT2D eigenvalue weighted by Crippen LogP contribution is -2.04. The van der Waals surface area contributed by atoms with Gasteiger partial charge in [-0.05, 0) is 29.5 Å². The van der Waals surface area contributed by atoms with Crippen molar-refractivity contribution in [2.45, 2.75) is 31.8 Å². The van der Waals surface area contributed by atoms with Gasteiger partial charge in [0.05, 0.1) is 11.4 Å². The molecule has 1 heterocycles. The molecule has 0 aliphatic carbocycles. The highest BCUT2D eigenvalue weighted by atomic mass is 32.2. The average molecular weight is 290 g/mol. The second-order valence-electron chi connectivity index (χ2n) is 5.59. The Kier molecular flexibility index (Phi) is 5.12. The molecule has 108 valence electrons. The molecular weight excluding hydrogens is 268 g/mol. The van der Waals surface area contributed by atoms with Gasteiger partial charge in [0.25, 0.3) is 0 Å². The van der Waals surface area contributed by atoms with Crippen molar-refractivity contribution in [1.29, 1.82) is 0 Å². The van der Waals surface area contributed by atoms with E-state index in [1.807, 2.05) is 13.1 Å². The number of rotatable bonds is 6. The zero-order valence-corrected chi connectivity index (χ0v) is 13.2. The molecule has 3 nitrogen and oxygen atoms in total. The van der Waals surface area contributed by atoms with E-state index in [9.17, 15) is 4.21 Å². The van der Waals surface area contributed by atoms with Crippen molar-refractivity contribution in [1.82, 2.24) is 9.78 Å². The van der Waals surface area contributed by atoms with Crippen LogP contribution >= 0.6 is 0 Å². The molecule has 2 rings (SSSR count). The van der Waals surface area contributed by atoms with Crippen LogP contribution < -0.4 is 0 Å². The molecular formula is C16H22N2OS. The van der Waals surface area contributed by atoms with Crippen molar-refractivity contribution in [2.24, 2.45) is 13.0 Å². The average Bonchev–Trinajstić information content (AvgIpc) is 2.77. The standard InChI is InChI=1S/C16H22N2OS/c1-13(2)10-14-4-6-15(7-5-14)11-20(19)12-16-8-9-17-18(16)3/h4-9,13H,10-12H2,1-3H3. The molecule has 4 heteroatoms. The number of aromatic nitrogens is 2. The first-order valence-corrected chi connectivity index (χ1v) is 8.43. The highest BCUT2D eigenvalue weighted by Crippen LogP contribution is 2.12. The van der Waals surface area contributed by atoms with E-state index >= 15 is 0 Å². The number of hydrogen-bond acceptors (Lipinski definition) is 2. The molecule has 0 spiro atoms. The Morgan fingerprint density at radius 2 is 1.75 bits per heavy atom. The van der Waals surface area contributed by atoms with Gasteiger partial charge in [-0.25, -0.2) is 0 Å². The van der Waals surface area contributed by atoms with Crippen LogP contribution in [0.1, 0.15) is 30.7 Å². The maximum absolute atomic E-state index is 12.2. The van der Waals surface area contributed by atoms with Crippen LogP contribution in [0.5, 0.6) is 0 Å². The number of hydrogen-bond donors (Lipinski definition) is 0. The summed E-state index contributed by atoms with van der Waals surface area (Å²) in [4.78, 5) is 0. The van der Waals surface area contributed by atoms with Crippen LogP contribution in [-0.4, -0.2) is 14.0 Å². The van der Waals surface area contributed by atoms with E-state index in [1.54, 1.807) is 10.9 Å². The summed E-state index contributed by atoms with van der Waals surface area (Å²) in [7, 11) is 0.993. The fourth-order valence-electron chi connectivity index (χ4n) is 2.19. The quantitative estimate of drug-likeness (QED) is 0.819. The van der Waals surface area contributed by atoms with Gasteiger partial charge in [-0.3, -0.25) is 8.89 Å². The van der Waals surface area contributed by atoms with Gasteiger partial charge in [0.15, 0.2) is 0 Å². The molecule has 0 saturated heterocycles. The van der Waals surface area contributed by atoms with Gasteiger partial charge in [-0.2, -0.15) is 5.10 Å². The first-order valence-electron chi connectivity index (χ1n) is 6.94. The molecule has 0 N–H and O–H groups in total. The van der Waals surface area contributed by atoms with E-state index in [0.29, 0.717) is 17.4 Å². The van der Waals surface area contributed by atoms with E-state index in [4.69, 9.17) is 0 Å². The maximum Gasteiger partial charge on any atom is 0.0659 e. The van der Waals surface area contributed by atoms with Crippen molar-refractivity contribution in [2.75, 3.05) is 0 Å². The van der Waals surface area contributed by atoms with Gasteiger partial charge in [0.2, 0.25) is 0 Å². The minimum atomic E-state index is -0.889. The van der Waals surface area contributed by atoms with E-state index in [2.05, 4.69) is 43.2 Å². The highest BCUT2D eigenvalue weighted by molar-refractivity contribution is 7.83. The third-order valence-electron chi connectivity index (χ3n) is 3.23. The SMILES string of the molecule is CC(C)Cc1ccc(CS(=O)Cc2ccnn2C)cc1. The van der Waals surface area contributed by atoms with Crippen LogP contribution in [0.2, 0.25) is 0 Å². The van der Waals surface area contributed by atoms with Gasteiger partial charge in [-0.15, -0.1) is 0 Å². The Morgan fingerprint density at radius 1 is 1.10 bits per heavy atom. The zero-order valence-electron chi connectivity index (χ0n) is 12.4. The summed E-state index contributed by atoms with van der Waals surface area (Å²) in [5.74, 6) is 1.83. The van der Waals surface area contributed by atoms with Crippen LogP contribution in [0.15, 0.2) is 36.5 Å². The van der Waals surface area contributed by atoms with Crippen molar-refractivity contribution in [3.8, 4) is 0 Å². The molecule has 1 aromatic carbocycles. The lowest BCUT2D eigenvalue weighted by Gasteiger charge is -2.07. The molecule has 0 bridgehead atoms. The van der Waals surface area contributed by atoms with E-state index in [-0.39, 0.29) is 0 Å². The predicted octanol–water partition coefficient (Wildman–Crippen LogP) is 3.07. The summed E-state index contributed by atoms with van der Waals surface area (Å²) in [6.45, 7) is 4.44. The molecule has 1 aromatic heterocycles. The number of nitrogens with zero attached hydrogens (tertiary/aromatic N) is 2. The van der Waals surface area contributed by atoms with Crippen LogP contribution in [0.25, 0.3) is 0 Å². The van der Waals surface area contributed by atoms with Crippen molar-refractivity contribution in [3.63, 3.8) is 0 Å². The minimum Gasteiger partial charge on any atom is -0.272 e. The van der Waals surface area contributed by atoms with Crippen molar-refractivity contribution >= 4 is 10.8 Å². The first-order chi connectivity index (χ1) is 9.54. The molecule has 0 aliphatic heterocycles. The second kappa shape index (κ2) is 6.84. The van der Waals surface area contributed by atoms with Gasteiger partial charge in [0, 0.05) is 29.8 Å². The minimum absolute atomic E-state index is 0.560. The third kappa shape index (κ3) is 4.30. The summed E-state index contributed by atoms with van der Waals surface area (Å²) < 4.78 is 13.9. The topological polar surface area (TPSA) is 34.9 Å². The summed E-state index contributed by atoms with van der Waals surface area (Å²) in [6.07, 6.45) is 2.84. The summed E-state index contributed by atoms with van der Waals surface area (Å²) in [6, 6.07) is 10.4. The molecule has 0 saturated carbocycles. The van der Waals surface area contributed by atoms with Gasteiger partial charge in [0.1, 0.15) is 0 Å². The Hall–Kier alpha value is -1.42. The fraction of sp³-hybridized carbons (Fsp3) is 0.438. The smallest absolute Gasteiger partial charge is 0.0659 e. The van der Waals surface area contributed by atoms with Crippen molar-refractivity contribution < 1.29 is 4.21 Å². The Labute approximate surface area is 123 Å². The molecule has 0 fully saturated rings. The predicted molar refractivity (Wildman–Crippen MR) is 83.7 cm³/mol. The largest absolute Gasteiger partial charge is 0.272 e. The fourth-order valence-corrected chi connectivity index (χ4v) is 3.47. The molecule has 1 unspecified atom stereocenters. The number of aryl methyl sites for hydroxylation is 1. The van der Waals surface area contributed by atoms with Crippen LogP contribution in [-0.2, 0) is 35.8 Å². The maximum atomic E-state index is 12.2. The molecule has 0 aliphatic rings. The van der Waals surface area contributed by atoms with Gasteiger partial charge < -0.3 is 0 Å². The third-order valence-corrected chi connectivity index (χ3v) is 4.50. The normalized spacial score (nSPS) is 12.8. The molecule has 0 amide bonds. The Morgan fingerprint density at radius 3 is 2.30 bits per heavy atom. The first kappa shape index (κ1) is 15.0. The summed E-state index contributed by atoms with van der Waals surface area (Å²) in [5, 5.41) is 4.10. The summed E-state index contributed by atoms with van der Waals surface area (Å²) in [5.41, 5.74) is 3.50. The Balaban J connectivity index is 1.93. The molecule has 1 atom stereocenters. The van der Waals surface area contributed by atoms with Gasteiger partial charge in [-0.1, -0.05) is 38.1 Å². The Bertz CT molecular complexity index is 572. The second-order valence-corrected chi connectivity index (χ2v) is 7.05. The molecule has 2 aromatic rings. The molecule has 0 radical (unpaired) electrons. The van der Waals surface area contributed by atoms with Gasteiger partial charge >= 0.3 is 0 Å². The lowest BCUT2D eigenvalue weighted by atomic mass is 10.0. The van der Waals surface area contributed by atoms with E-state index in [1.165, 1.54) is 5.56 Å². The van der Waals surface area contributed by atoms with Crippen LogP contribution in [0, 0.1) is 5.92 Å². The zero-order chi connectivity index (χ0) is 14.5. The molecule has 20 heavy (non-hydrogen) atoms. The van der Waals surface area contributed by atoms with E-state index in [0.717, 1.165) is 17.7 Å². The highest BCUT2D eigenvalue weighted by Gasteiger charge is 2.07. The van der Waals surface area contributed by atoms with Crippen molar-refractivity contribution in [3.05, 3.63) is 53.3 Å². The van der Waals surface area contributed by atoms with Crippen LogP contribution in [0.4, 0.5) is 0 Å². The van der Waals surface area contributed by atoms with Crippen LogP contribution in [0.3, 0.4) is 0 Å². The number of benzene rings is 1.